The van der Waals surface area contributed by atoms with E-state index < -0.39 is 12.0 Å². The molecule has 1 N–H and O–H groups in total. The zero-order valence-corrected chi connectivity index (χ0v) is 16.6. The lowest BCUT2D eigenvalue weighted by atomic mass is 10.0. The Morgan fingerprint density at radius 3 is 2.47 bits per heavy atom. The Labute approximate surface area is 172 Å². The van der Waals surface area contributed by atoms with E-state index in [0.717, 1.165) is 37.2 Å². The molecule has 0 radical (unpaired) electrons. The van der Waals surface area contributed by atoms with E-state index in [1.165, 1.54) is 0 Å². The number of halogens is 3. The Balaban J connectivity index is 1.69. The molecular formula is C22H23F3N4O. The maximum Gasteiger partial charge on any atom is 0.451 e. The van der Waals surface area contributed by atoms with Crippen LogP contribution >= 0.6 is 0 Å². The largest absolute Gasteiger partial charge is 0.496 e. The normalized spacial score (nSPS) is 16.0. The number of fused-ring (bicyclic) bond motifs is 1. The van der Waals surface area contributed by atoms with E-state index in [-0.39, 0.29) is 17.4 Å². The first-order valence-corrected chi connectivity index (χ1v) is 9.92. The van der Waals surface area contributed by atoms with Crippen LogP contribution in [0.3, 0.4) is 0 Å². The summed E-state index contributed by atoms with van der Waals surface area (Å²) < 4.78 is 45.5. The van der Waals surface area contributed by atoms with Crippen LogP contribution in [0.15, 0.2) is 48.5 Å². The first-order valence-electron chi connectivity index (χ1n) is 9.92. The van der Waals surface area contributed by atoms with Gasteiger partial charge in [0.25, 0.3) is 0 Å². The van der Waals surface area contributed by atoms with E-state index in [4.69, 9.17) is 4.74 Å². The van der Waals surface area contributed by atoms with Crippen molar-refractivity contribution < 1.29 is 17.9 Å². The predicted molar refractivity (Wildman–Crippen MR) is 110 cm³/mol. The molecule has 0 aliphatic carbocycles. The number of methoxy groups -OCH3 is 1. The Bertz CT molecular complexity index is 1020. The van der Waals surface area contributed by atoms with Gasteiger partial charge in [-0.3, -0.25) is 4.90 Å². The van der Waals surface area contributed by atoms with E-state index in [2.05, 4.69) is 20.2 Å². The van der Waals surface area contributed by atoms with E-state index in [9.17, 15) is 13.2 Å². The minimum Gasteiger partial charge on any atom is -0.496 e. The van der Waals surface area contributed by atoms with Gasteiger partial charge in [0.05, 0.1) is 18.7 Å². The molecule has 1 aromatic heterocycles. The zero-order valence-electron chi connectivity index (χ0n) is 16.6. The van der Waals surface area contributed by atoms with Crippen molar-refractivity contribution >= 4 is 16.7 Å². The van der Waals surface area contributed by atoms with Crippen molar-refractivity contribution in [1.82, 2.24) is 14.9 Å². The number of hydrogen-bond donors (Lipinski definition) is 1. The Hall–Kier alpha value is -2.87. The lowest BCUT2D eigenvalue weighted by Gasteiger charge is -2.29. The molecule has 8 heteroatoms. The van der Waals surface area contributed by atoms with Gasteiger partial charge in [0.1, 0.15) is 11.6 Å². The monoisotopic (exact) mass is 416 g/mol. The van der Waals surface area contributed by atoms with Gasteiger partial charge in [-0.25, -0.2) is 9.97 Å². The Kier molecular flexibility index (Phi) is 5.76. The third-order valence-corrected chi connectivity index (χ3v) is 5.40. The van der Waals surface area contributed by atoms with Crippen LogP contribution in [0.4, 0.5) is 19.0 Å². The van der Waals surface area contributed by atoms with Gasteiger partial charge in [-0.15, -0.1) is 0 Å². The molecule has 1 unspecified atom stereocenters. The number of anilines is 1. The fraction of sp³-hybridized carbons (Fsp3) is 0.364. The summed E-state index contributed by atoms with van der Waals surface area (Å²) in [5.41, 5.74) is 1.26. The van der Waals surface area contributed by atoms with Crippen molar-refractivity contribution in [2.75, 3.05) is 32.1 Å². The predicted octanol–water partition coefficient (Wildman–Crippen LogP) is 4.91. The van der Waals surface area contributed by atoms with Gasteiger partial charge in [-0.05, 0) is 44.1 Å². The van der Waals surface area contributed by atoms with Gasteiger partial charge < -0.3 is 10.1 Å². The molecule has 1 atom stereocenters. The molecule has 1 fully saturated rings. The van der Waals surface area contributed by atoms with Crippen molar-refractivity contribution in [2.45, 2.75) is 25.1 Å². The minimum absolute atomic E-state index is 0.0493. The van der Waals surface area contributed by atoms with Crippen LogP contribution in [0.5, 0.6) is 5.75 Å². The summed E-state index contributed by atoms with van der Waals surface area (Å²) in [5, 5.41) is 3.74. The third kappa shape index (κ3) is 4.18. The Morgan fingerprint density at radius 1 is 1.03 bits per heavy atom. The van der Waals surface area contributed by atoms with E-state index in [0.29, 0.717) is 11.9 Å². The second-order valence-corrected chi connectivity index (χ2v) is 7.29. The number of alkyl halides is 3. The summed E-state index contributed by atoms with van der Waals surface area (Å²) in [6.45, 7) is 2.27. The van der Waals surface area contributed by atoms with E-state index in [1.807, 2.05) is 24.3 Å². The van der Waals surface area contributed by atoms with Crippen LogP contribution in [-0.4, -0.2) is 41.6 Å². The zero-order chi connectivity index (χ0) is 21.1. The second-order valence-electron chi connectivity index (χ2n) is 7.29. The molecule has 0 amide bonds. The molecule has 2 aromatic carbocycles. The Morgan fingerprint density at radius 2 is 1.73 bits per heavy atom. The average molecular weight is 416 g/mol. The lowest BCUT2D eigenvalue weighted by molar-refractivity contribution is -0.144. The summed E-state index contributed by atoms with van der Waals surface area (Å²) in [5.74, 6) is -0.189. The number of hydrogen-bond acceptors (Lipinski definition) is 5. The maximum absolute atomic E-state index is 13.3. The summed E-state index contributed by atoms with van der Waals surface area (Å²) >= 11 is 0. The molecule has 0 saturated carbocycles. The molecule has 30 heavy (non-hydrogen) atoms. The summed E-state index contributed by atoms with van der Waals surface area (Å²) in [4.78, 5) is 9.83. The topological polar surface area (TPSA) is 50.3 Å². The fourth-order valence-electron chi connectivity index (χ4n) is 3.96. The highest BCUT2D eigenvalue weighted by Gasteiger charge is 2.35. The van der Waals surface area contributed by atoms with Crippen LogP contribution in [-0.2, 0) is 6.18 Å². The van der Waals surface area contributed by atoms with Gasteiger partial charge in [0.15, 0.2) is 0 Å². The van der Waals surface area contributed by atoms with Gasteiger partial charge in [0.2, 0.25) is 5.82 Å². The highest BCUT2D eigenvalue weighted by atomic mass is 19.4. The van der Waals surface area contributed by atoms with Crippen LogP contribution in [0.1, 0.15) is 30.3 Å². The highest BCUT2D eigenvalue weighted by molar-refractivity contribution is 5.89. The van der Waals surface area contributed by atoms with E-state index >= 15 is 0 Å². The van der Waals surface area contributed by atoms with Gasteiger partial charge in [-0.1, -0.05) is 30.3 Å². The lowest BCUT2D eigenvalue weighted by Crippen LogP contribution is -2.31. The van der Waals surface area contributed by atoms with Crippen LogP contribution < -0.4 is 10.1 Å². The first kappa shape index (κ1) is 20.4. The number of aromatic nitrogens is 2. The quantitative estimate of drug-likeness (QED) is 0.619. The molecule has 0 spiro atoms. The van der Waals surface area contributed by atoms with Crippen molar-refractivity contribution in [3.63, 3.8) is 0 Å². The number of nitrogens with one attached hydrogen (secondary N) is 1. The standard InChI is InChI=1S/C22H23F3N4O/c1-30-19-11-5-3-9-16(19)18(29-12-6-7-13-29)14-26-20-15-8-2-4-10-17(15)27-21(28-20)22(23,24)25/h2-5,8-11,18H,6-7,12-14H2,1H3,(H,26,27,28). The van der Waals surface area contributed by atoms with Crippen molar-refractivity contribution in [3.05, 3.63) is 59.9 Å². The third-order valence-electron chi connectivity index (χ3n) is 5.40. The van der Waals surface area contributed by atoms with Gasteiger partial charge >= 0.3 is 6.18 Å². The number of para-hydroxylation sites is 2. The van der Waals surface area contributed by atoms with Crippen molar-refractivity contribution in [1.29, 1.82) is 0 Å². The highest BCUT2D eigenvalue weighted by Crippen LogP contribution is 2.34. The van der Waals surface area contributed by atoms with Crippen LogP contribution in [0, 0.1) is 0 Å². The molecule has 158 valence electrons. The smallest absolute Gasteiger partial charge is 0.451 e. The fourth-order valence-corrected chi connectivity index (χ4v) is 3.96. The molecule has 1 aliphatic rings. The second kappa shape index (κ2) is 8.47. The number of benzene rings is 2. The maximum atomic E-state index is 13.3. The van der Waals surface area contributed by atoms with Crippen LogP contribution in [0.2, 0.25) is 0 Å². The SMILES string of the molecule is COc1ccccc1C(CNc1nc(C(F)(F)F)nc2ccccc12)N1CCCC1. The van der Waals surface area contributed by atoms with Crippen LogP contribution in [0.25, 0.3) is 10.9 Å². The van der Waals surface area contributed by atoms with Gasteiger partial charge in [0, 0.05) is 17.5 Å². The molecule has 2 heterocycles. The summed E-state index contributed by atoms with van der Waals surface area (Å²) in [7, 11) is 1.63. The summed E-state index contributed by atoms with van der Waals surface area (Å²) in [6.07, 6.45) is -2.42. The first-order chi connectivity index (χ1) is 14.5. The number of nitrogens with zero attached hydrogens (tertiary/aromatic N) is 3. The number of rotatable bonds is 6. The number of ether oxygens (including phenoxy) is 1. The number of likely N-dealkylation sites (tertiary alicyclic amines) is 1. The molecule has 3 aromatic rings. The molecule has 4 rings (SSSR count). The van der Waals surface area contributed by atoms with Gasteiger partial charge in [-0.2, -0.15) is 13.2 Å². The summed E-state index contributed by atoms with van der Waals surface area (Å²) in [6, 6.07) is 14.4. The van der Waals surface area contributed by atoms with Crippen molar-refractivity contribution in [2.24, 2.45) is 0 Å². The minimum atomic E-state index is -4.61. The average Bonchev–Trinajstić information content (AvgIpc) is 3.28. The molecular weight excluding hydrogens is 393 g/mol. The molecule has 0 bridgehead atoms. The molecule has 1 aliphatic heterocycles. The van der Waals surface area contributed by atoms with Crippen molar-refractivity contribution in [3.8, 4) is 5.75 Å². The van der Waals surface area contributed by atoms with E-state index in [1.54, 1.807) is 31.4 Å². The molecule has 1 saturated heterocycles. The molecule has 5 nitrogen and oxygen atoms in total.